The van der Waals surface area contributed by atoms with Crippen LogP contribution in [0.1, 0.15) is 13.3 Å². The number of carbonyl (C=O) groups is 4. The van der Waals surface area contributed by atoms with E-state index in [0.29, 0.717) is 19.9 Å². The monoisotopic (exact) mass is 385 g/mol. The van der Waals surface area contributed by atoms with Gasteiger partial charge in [0.25, 0.3) is 11.8 Å². The molecular weight excluding hydrogens is 358 g/mol. The van der Waals surface area contributed by atoms with Crippen molar-refractivity contribution < 1.29 is 33.8 Å². The van der Waals surface area contributed by atoms with Gasteiger partial charge in [0.15, 0.2) is 6.23 Å². The first-order chi connectivity index (χ1) is 13.0. The lowest BCUT2D eigenvalue weighted by atomic mass is 10.3. The second-order valence-electron chi connectivity index (χ2n) is 4.99. The fraction of sp³-hybridized carbons (Fsp3) is 0.529. The number of aliphatic hydroxyl groups is 1. The molecule has 1 rings (SSSR count). The number of hydrogen-bond acceptors (Lipinski definition) is 8. The van der Waals surface area contributed by atoms with Gasteiger partial charge in [0.05, 0.1) is 26.5 Å². The second kappa shape index (κ2) is 14.7. The van der Waals surface area contributed by atoms with Gasteiger partial charge in [-0.05, 0) is 6.92 Å². The zero-order chi connectivity index (χ0) is 20.7. The van der Waals surface area contributed by atoms with Crippen LogP contribution in [-0.2, 0) is 28.7 Å². The number of amides is 3. The van der Waals surface area contributed by atoms with Crippen LogP contribution in [0.4, 0.5) is 0 Å². The van der Waals surface area contributed by atoms with E-state index in [0.717, 1.165) is 17.1 Å². The van der Waals surface area contributed by atoms with Crippen LogP contribution in [0.2, 0.25) is 0 Å². The molecule has 0 spiro atoms. The molecular formula is C17H27N3O7. The van der Waals surface area contributed by atoms with Crippen LogP contribution in [-0.4, -0.2) is 79.4 Å². The van der Waals surface area contributed by atoms with E-state index in [1.807, 2.05) is 6.92 Å². The molecule has 0 aliphatic carbocycles. The average molecular weight is 385 g/mol. The summed E-state index contributed by atoms with van der Waals surface area (Å²) in [5.74, 6) is -2.43. The molecule has 0 radical (unpaired) electrons. The Labute approximate surface area is 158 Å². The summed E-state index contributed by atoms with van der Waals surface area (Å²) in [4.78, 5) is 47.6. The molecule has 0 aromatic carbocycles. The van der Waals surface area contributed by atoms with E-state index in [4.69, 9.17) is 14.6 Å². The average Bonchev–Trinajstić information content (AvgIpc) is 2.97. The number of nitrogens with one attached hydrogen (secondary N) is 2. The van der Waals surface area contributed by atoms with Gasteiger partial charge in [-0.2, -0.15) is 0 Å². The molecule has 10 heteroatoms. The first-order valence-corrected chi connectivity index (χ1v) is 8.36. The summed E-state index contributed by atoms with van der Waals surface area (Å²) in [5.41, 5.74) is 0. The minimum absolute atomic E-state index is 0.0863. The van der Waals surface area contributed by atoms with Crippen molar-refractivity contribution in [2.45, 2.75) is 19.6 Å². The predicted octanol–water partition coefficient (Wildman–Crippen LogP) is -1.29. The predicted molar refractivity (Wildman–Crippen MR) is 96.2 cm³/mol. The molecule has 10 nitrogen and oxygen atoms in total. The normalized spacial score (nSPS) is 13.9. The summed E-state index contributed by atoms with van der Waals surface area (Å²) < 4.78 is 10.4. The van der Waals surface area contributed by atoms with Crippen molar-refractivity contribution in [2.75, 3.05) is 39.6 Å². The summed E-state index contributed by atoms with van der Waals surface area (Å²) in [6.07, 6.45) is 0.605. The lowest BCUT2D eigenvalue weighted by molar-refractivity contribution is -0.146. The number of hydrogen-bond donors (Lipinski definition) is 3. The van der Waals surface area contributed by atoms with Gasteiger partial charge in [-0.1, -0.05) is 0 Å². The largest absolute Gasteiger partial charge is 0.396 e. The molecule has 0 aromatic heterocycles. The van der Waals surface area contributed by atoms with Crippen LogP contribution in [0.5, 0.6) is 0 Å². The Bertz CT molecular complexity index is 519. The molecule has 3 amide bonds. The molecule has 0 fully saturated rings. The van der Waals surface area contributed by atoms with E-state index in [-0.39, 0.29) is 19.6 Å². The lowest BCUT2D eigenvalue weighted by Gasteiger charge is -2.21. The van der Waals surface area contributed by atoms with E-state index in [1.54, 1.807) is 0 Å². The Morgan fingerprint density at radius 3 is 2.44 bits per heavy atom. The smallest absolute Gasteiger partial charge is 0.254 e. The quantitative estimate of drug-likeness (QED) is 0.154. The van der Waals surface area contributed by atoms with E-state index >= 15 is 0 Å². The van der Waals surface area contributed by atoms with Crippen molar-refractivity contribution in [1.29, 1.82) is 0 Å². The number of nitrogens with zero attached hydrogens (tertiary/aromatic N) is 1. The molecule has 27 heavy (non-hydrogen) atoms. The van der Waals surface area contributed by atoms with Gasteiger partial charge in [0.1, 0.15) is 0 Å². The SMILES string of the molecule is C=C.CCOCNCCOC(NC(=O)CCO)C(=O)CN1C(=O)C=CC1=O. The van der Waals surface area contributed by atoms with Gasteiger partial charge < -0.3 is 19.9 Å². The molecule has 0 aromatic rings. The standard InChI is InChI=1S/C15H23N3O7.C2H4/c1-2-24-10-16-6-8-25-15(17-12(21)5-7-19)11(20)9-18-13(22)3-4-14(18)23;1-2/h3-4,15-16,19H,2,5-10H2,1H3,(H,17,21);1-2H2. The van der Waals surface area contributed by atoms with Gasteiger partial charge in [0.2, 0.25) is 11.7 Å². The van der Waals surface area contributed by atoms with Gasteiger partial charge in [0, 0.05) is 31.7 Å². The third kappa shape index (κ3) is 9.75. The Hall–Kier alpha value is -2.40. The van der Waals surface area contributed by atoms with Crippen molar-refractivity contribution in [3.63, 3.8) is 0 Å². The zero-order valence-corrected chi connectivity index (χ0v) is 15.4. The van der Waals surface area contributed by atoms with Crippen molar-refractivity contribution in [3.05, 3.63) is 25.3 Å². The molecule has 1 unspecified atom stereocenters. The molecule has 0 saturated carbocycles. The summed E-state index contributed by atoms with van der Waals surface area (Å²) in [6.45, 7) is 8.28. The molecule has 0 saturated heterocycles. The van der Waals surface area contributed by atoms with Crippen LogP contribution in [0.3, 0.4) is 0 Å². The maximum atomic E-state index is 12.3. The third-order valence-electron chi connectivity index (χ3n) is 3.11. The summed E-state index contributed by atoms with van der Waals surface area (Å²) in [6, 6.07) is 0. The number of rotatable bonds is 13. The number of ether oxygens (including phenoxy) is 2. The van der Waals surface area contributed by atoms with Gasteiger partial charge in [-0.15, -0.1) is 13.2 Å². The van der Waals surface area contributed by atoms with Crippen LogP contribution in [0.25, 0.3) is 0 Å². The van der Waals surface area contributed by atoms with Crippen LogP contribution in [0.15, 0.2) is 25.3 Å². The zero-order valence-electron chi connectivity index (χ0n) is 15.4. The highest BCUT2D eigenvalue weighted by Gasteiger charge is 2.30. The van der Waals surface area contributed by atoms with Crippen LogP contribution in [0, 0.1) is 0 Å². The summed E-state index contributed by atoms with van der Waals surface area (Å²) >= 11 is 0. The number of Topliss-reactive ketones (excluding diaryl/α,β-unsaturated/α-hetero) is 1. The Morgan fingerprint density at radius 2 is 1.89 bits per heavy atom. The Kier molecular flexibility index (Phi) is 13.4. The van der Waals surface area contributed by atoms with E-state index in [9.17, 15) is 19.2 Å². The molecule has 152 valence electrons. The van der Waals surface area contributed by atoms with E-state index < -0.39 is 36.3 Å². The molecule has 1 heterocycles. The highest BCUT2D eigenvalue weighted by atomic mass is 16.5. The highest BCUT2D eigenvalue weighted by molar-refractivity contribution is 6.14. The third-order valence-corrected chi connectivity index (χ3v) is 3.11. The number of carbonyl (C=O) groups excluding carboxylic acids is 4. The molecule has 0 bridgehead atoms. The van der Waals surface area contributed by atoms with Gasteiger partial charge in [-0.3, -0.25) is 29.4 Å². The fourth-order valence-electron chi connectivity index (χ4n) is 1.86. The van der Waals surface area contributed by atoms with Crippen molar-refractivity contribution >= 4 is 23.5 Å². The van der Waals surface area contributed by atoms with Gasteiger partial charge >= 0.3 is 0 Å². The second-order valence-corrected chi connectivity index (χ2v) is 4.99. The molecule has 1 aliphatic rings. The Morgan fingerprint density at radius 1 is 1.26 bits per heavy atom. The van der Waals surface area contributed by atoms with Gasteiger partial charge in [-0.25, -0.2) is 0 Å². The summed E-state index contributed by atoms with van der Waals surface area (Å²) in [5, 5.41) is 14.0. The maximum absolute atomic E-state index is 12.3. The number of ketones is 1. The fourth-order valence-corrected chi connectivity index (χ4v) is 1.86. The lowest BCUT2D eigenvalue weighted by Crippen LogP contribution is -2.49. The topological polar surface area (TPSA) is 134 Å². The van der Waals surface area contributed by atoms with E-state index in [1.165, 1.54) is 0 Å². The maximum Gasteiger partial charge on any atom is 0.254 e. The van der Waals surface area contributed by atoms with Crippen molar-refractivity contribution in [3.8, 4) is 0 Å². The van der Waals surface area contributed by atoms with E-state index in [2.05, 4.69) is 23.8 Å². The first-order valence-electron chi connectivity index (χ1n) is 8.36. The van der Waals surface area contributed by atoms with Crippen LogP contribution >= 0.6 is 0 Å². The highest BCUT2D eigenvalue weighted by Crippen LogP contribution is 2.05. The molecule has 1 atom stereocenters. The summed E-state index contributed by atoms with van der Waals surface area (Å²) in [7, 11) is 0. The minimum atomic E-state index is -1.32. The van der Waals surface area contributed by atoms with Crippen LogP contribution < -0.4 is 10.6 Å². The number of imide groups is 1. The molecule has 3 N–H and O–H groups in total. The minimum Gasteiger partial charge on any atom is -0.396 e. The first kappa shape index (κ1) is 24.6. The Balaban J connectivity index is 0.00000326. The van der Waals surface area contributed by atoms with Crippen molar-refractivity contribution in [1.82, 2.24) is 15.5 Å². The van der Waals surface area contributed by atoms with Crippen molar-refractivity contribution in [2.24, 2.45) is 0 Å². The molecule has 1 aliphatic heterocycles. The number of aliphatic hydroxyl groups excluding tert-OH is 1.